The number of imidazole rings is 1. The highest BCUT2D eigenvalue weighted by atomic mass is 32.1. The Balaban J connectivity index is 1.96. The van der Waals surface area contributed by atoms with Gasteiger partial charge >= 0.3 is 0 Å². The summed E-state index contributed by atoms with van der Waals surface area (Å²) in [5, 5.41) is 5.37. The SMILES string of the molecule is CNCc1c(N2CC(C)N(C)C(C)C2)nc2sccn12. The van der Waals surface area contributed by atoms with Crippen molar-refractivity contribution in [3.8, 4) is 0 Å². The fourth-order valence-corrected chi connectivity index (χ4v) is 3.71. The number of hydrogen-bond acceptors (Lipinski definition) is 5. The Morgan fingerprint density at radius 3 is 2.70 bits per heavy atom. The lowest BCUT2D eigenvalue weighted by atomic mass is 10.1. The van der Waals surface area contributed by atoms with Crippen molar-refractivity contribution in [2.45, 2.75) is 32.5 Å². The zero-order valence-electron chi connectivity index (χ0n) is 12.6. The molecule has 6 heteroatoms. The van der Waals surface area contributed by atoms with E-state index in [-0.39, 0.29) is 0 Å². The second-order valence-electron chi connectivity index (χ2n) is 5.74. The lowest BCUT2D eigenvalue weighted by molar-refractivity contribution is 0.169. The summed E-state index contributed by atoms with van der Waals surface area (Å²) in [4.78, 5) is 10.8. The molecule has 20 heavy (non-hydrogen) atoms. The van der Waals surface area contributed by atoms with Crippen LogP contribution in [0.25, 0.3) is 4.96 Å². The van der Waals surface area contributed by atoms with Crippen LogP contribution in [0, 0.1) is 0 Å². The summed E-state index contributed by atoms with van der Waals surface area (Å²) in [5.74, 6) is 1.15. The summed E-state index contributed by atoms with van der Waals surface area (Å²) < 4.78 is 2.21. The average Bonchev–Trinajstić information content (AvgIpc) is 2.98. The van der Waals surface area contributed by atoms with Crippen LogP contribution < -0.4 is 10.2 Å². The molecule has 0 aromatic carbocycles. The molecule has 110 valence electrons. The molecule has 0 bridgehead atoms. The molecule has 2 aromatic rings. The first-order chi connectivity index (χ1) is 9.61. The van der Waals surface area contributed by atoms with E-state index in [9.17, 15) is 0 Å². The normalized spacial score (nSPS) is 24.7. The molecule has 0 aliphatic carbocycles. The first-order valence-corrected chi connectivity index (χ1v) is 8.05. The molecule has 2 aromatic heterocycles. The summed E-state index contributed by atoms with van der Waals surface area (Å²) in [7, 11) is 4.21. The van der Waals surface area contributed by atoms with E-state index in [1.807, 2.05) is 7.05 Å². The third-order valence-electron chi connectivity index (χ3n) is 4.34. The van der Waals surface area contributed by atoms with Crippen LogP contribution in [-0.4, -0.2) is 53.6 Å². The third kappa shape index (κ3) is 2.21. The molecule has 1 N–H and O–H groups in total. The number of fused-ring (bicyclic) bond motifs is 1. The molecular formula is C14H23N5S. The molecule has 0 radical (unpaired) electrons. The first-order valence-electron chi connectivity index (χ1n) is 7.17. The largest absolute Gasteiger partial charge is 0.352 e. The Morgan fingerprint density at radius 2 is 2.05 bits per heavy atom. The van der Waals surface area contributed by atoms with Gasteiger partial charge in [0.2, 0.25) is 0 Å². The zero-order chi connectivity index (χ0) is 14.3. The van der Waals surface area contributed by atoms with E-state index >= 15 is 0 Å². The van der Waals surface area contributed by atoms with Crippen molar-refractivity contribution in [1.29, 1.82) is 0 Å². The van der Waals surface area contributed by atoms with E-state index in [4.69, 9.17) is 4.98 Å². The second kappa shape index (κ2) is 5.35. The van der Waals surface area contributed by atoms with E-state index < -0.39 is 0 Å². The maximum Gasteiger partial charge on any atom is 0.195 e. The van der Waals surface area contributed by atoms with Gasteiger partial charge in [-0.3, -0.25) is 9.30 Å². The monoisotopic (exact) mass is 293 g/mol. The standard InChI is InChI=1S/C14H23N5S/c1-10-8-18(9-11(2)17(10)4)13-12(7-15-3)19-5-6-20-14(19)16-13/h5-6,10-11,15H,7-9H2,1-4H3. The Labute approximate surface area is 124 Å². The summed E-state index contributed by atoms with van der Waals surface area (Å²) in [6, 6.07) is 1.11. The van der Waals surface area contributed by atoms with Gasteiger partial charge in [-0.05, 0) is 27.9 Å². The minimum absolute atomic E-state index is 0.556. The lowest BCUT2D eigenvalue weighted by Crippen LogP contribution is -2.55. The molecule has 3 heterocycles. The summed E-state index contributed by atoms with van der Waals surface area (Å²) in [6.07, 6.45) is 2.12. The predicted molar refractivity (Wildman–Crippen MR) is 84.7 cm³/mol. The molecule has 1 saturated heterocycles. The summed E-state index contributed by atoms with van der Waals surface area (Å²) >= 11 is 1.70. The number of hydrogen-bond donors (Lipinski definition) is 1. The maximum absolute atomic E-state index is 4.86. The highest BCUT2D eigenvalue weighted by molar-refractivity contribution is 7.15. The van der Waals surface area contributed by atoms with Gasteiger partial charge in [-0.15, -0.1) is 11.3 Å². The third-order valence-corrected chi connectivity index (χ3v) is 5.10. The van der Waals surface area contributed by atoms with E-state index in [1.54, 1.807) is 11.3 Å². The van der Waals surface area contributed by atoms with Gasteiger partial charge < -0.3 is 10.2 Å². The van der Waals surface area contributed by atoms with Gasteiger partial charge in [0.1, 0.15) is 0 Å². The Kier molecular flexibility index (Phi) is 3.70. The fraction of sp³-hybridized carbons (Fsp3) is 0.643. The lowest BCUT2D eigenvalue weighted by Gasteiger charge is -2.42. The number of likely N-dealkylation sites (N-methyl/N-ethyl adjacent to an activating group) is 1. The van der Waals surface area contributed by atoms with Crippen LogP contribution in [0.4, 0.5) is 5.82 Å². The molecule has 0 spiro atoms. The first kappa shape index (κ1) is 13.9. The van der Waals surface area contributed by atoms with Crippen LogP contribution in [0.5, 0.6) is 0 Å². The van der Waals surface area contributed by atoms with Crippen LogP contribution in [-0.2, 0) is 6.54 Å². The molecule has 1 fully saturated rings. The molecule has 5 nitrogen and oxygen atoms in total. The maximum atomic E-state index is 4.86. The molecule has 0 saturated carbocycles. The predicted octanol–water partition coefficient (Wildman–Crippen LogP) is 1.64. The van der Waals surface area contributed by atoms with E-state index in [0.29, 0.717) is 12.1 Å². The van der Waals surface area contributed by atoms with Crippen LogP contribution in [0.15, 0.2) is 11.6 Å². The van der Waals surface area contributed by atoms with Gasteiger partial charge in [-0.2, -0.15) is 0 Å². The Morgan fingerprint density at radius 1 is 1.35 bits per heavy atom. The number of anilines is 1. The highest BCUT2D eigenvalue weighted by Gasteiger charge is 2.29. The van der Waals surface area contributed by atoms with Crippen LogP contribution in [0.2, 0.25) is 0 Å². The smallest absolute Gasteiger partial charge is 0.195 e. The van der Waals surface area contributed by atoms with Crippen molar-refractivity contribution in [2.75, 3.05) is 32.1 Å². The van der Waals surface area contributed by atoms with Crippen molar-refractivity contribution in [1.82, 2.24) is 19.6 Å². The minimum Gasteiger partial charge on any atom is -0.352 e. The highest BCUT2D eigenvalue weighted by Crippen LogP contribution is 2.27. The zero-order valence-corrected chi connectivity index (χ0v) is 13.4. The van der Waals surface area contributed by atoms with Crippen molar-refractivity contribution in [3.05, 3.63) is 17.3 Å². The average molecular weight is 293 g/mol. The molecule has 1 aliphatic heterocycles. The van der Waals surface area contributed by atoms with Crippen molar-refractivity contribution in [2.24, 2.45) is 0 Å². The van der Waals surface area contributed by atoms with Crippen LogP contribution in [0.1, 0.15) is 19.5 Å². The van der Waals surface area contributed by atoms with Gasteiger partial charge in [0.15, 0.2) is 10.8 Å². The molecule has 0 amide bonds. The van der Waals surface area contributed by atoms with Crippen LogP contribution >= 0.6 is 11.3 Å². The molecule has 1 aliphatic rings. The molecule has 3 rings (SSSR count). The minimum atomic E-state index is 0.556. The number of piperazine rings is 1. The van der Waals surface area contributed by atoms with Gasteiger partial charge in [0, 0.05) is 43.3 Å². The van der Waals surface area contributed by atoms with Crippen molar-refractivity contribution >= 4 is 22.1 Å². The van der Waals surface area contributed by atoms with Crippen molar-refractivity contribution < 1.29 is 0 Å². The number of rotatable bonds is 3. The summed E-state index contributed by atoms with van der Waals surface area (Å²) in [6.45, 7) is 7.52. The van der Waals surface area contributed by atoms with Gasteiger partial charge in [-0.1, -0.05) is 0 Å². The van der Waals surface area contributed by atoms with Gasteiger partial charge in [-0.25, -0.2) is 4.98 Å². The van der Waals surface area contributed by atoms with Gasteiger partial charge in [0.25, 0.3) is 0 Å². The van der Waals surface area contributed by atoms with E-state index in [1.165, 1.54) is 5.69 Å². The number of nitrogens with zero attached hydrogens (tertiary/aromatic N) is 4. The van der Waals surface area contributed by atoms with Gasteiger partial charge in [0.05, 0.1) is 5.69 Å². The number of aromatic nitrogens is 2. The molecule has 2 unspecified atom stereocenters. The second-order valence-corrected chi connectivity index (χ2v) is 6.61. The van der Waals surface area contributed by atoms with E-state index in [0.717, 1.165) is 30.4 Å². The molecular weight excluding hydrogens is 270 g/mol. The Bertz CT molecular complexity index is 577. The summed E-state index contributed by atoms with van der Waals surface area (Å²) in [5.41, 5.74) is 1.27. The van der Waals surface area contributed by atoms with Crippen LogP contribution in [0.3, 0.4) is 0 Å². The Hall–Kier alpha value is -1.11. The number of thiazole rings is 1. The van der Waals surface area contributed by atoms with Crippen molar-refractivity contribution in [3.63, 3.8) is 0 Å². The topological polar surface area (TPSA) is 35.8 Å². The molecule has 2 atom stereocenters. The quantitative estimate of drug-likeness (QED) is 0.933. The fourth-order valence-electron chi connectivity index (χ4n) is 2.98. The van der Waals surface area contributed by atoms with E-state index in [2.05, 4.69) is 52.0 Å². The number of nitrogens with one attached hydrogen (secondary N) is 1.